The monoisotopic (exact) mass is 308 g/mol. The zero-order valence-electron chi connectivity index (χ0n) is 8.50. The first-order valence-corrected chi connectivity index (χ1v) is 7.19. The Morgan fingerprint density at radius 3 is 2.40 bits per heavy atom. The van der Waals surface area contributed by atoms with Crippen LogP contribution in [-0.4, -0.2) is 11.2 Å². The Morgan fingerprint density at radius 2 is 1.87 bits per heavy atom. The van der Waals surface area contributed by atoms with Gasteiger partial charge in [0, 0.05) is 11.2 Å². The van der Waals surface area contributed by atoms with Gasteiger partial charge in [0.2, 0.25) is 0 Å². The number of rotatable bonds is 6. The van der Waals surface area contributed by atoms with Gasteiger partial charge in [-0.25, -0.2) is 0 Å². The van der Waals surface area contributed by atoms with Crippen LogP contribution in [0.15, 0.2) is 30.3 Å². The maximum absolute atomic E-state index is 6.41. The second-order valence-electron chi connectivity index (χ2n) is 3.56. The van der Waals surface area contributed by atoms with Crippen molar-refractivity contribution in [2.45, 2.75) is 18.2 Å². The van der Waals surface area contributed by atoms with E-state index in [4.69, 9.17) is 23.2 Å². The van der Waals surface area contributed by atoms with E-state index in [1.165, 1.54) is 5.56 Å². The summed E-state index contributed by atoms with van der Waals surface area (Å²) in [5.41, 5.74) is 1.17. The Balaban J connectivity index is 2.60. The predicted octanol–water partition coefficient (Wildman–Crippen LogP) is 5.00. The van der Waals surface area contributed by atoms with Crippen LogP contribution in [0.3, 0.4) is 0 Å². The van der Waals surface area contributed by atoms with Crippen LogP contribution in [0.5, 0.6) is 0 Å². The second kappa shape index (κ2) is 7.54. The van der Waals surface area contributed by atoms with Gasteiger partial charge in [0.15, 0.2) is 0 Å². The van der Waals surface area contributed by atoms with Crippen molar-refractivity contribution in [3.8, 4) is 0 Å². The molecule has 1 aromatic rings. The Labute approximate surface area is 110 Å². The summed E-state index contributed by atoms with van der Waals surface area (Å²) in [6.45, 7) is 0. The van der Waals surface area contributed by atoms with Crippen molar-refractivity contribution in [1.29, 1.82) is 0 Å². The lowest BCUT2D eigenvalue weighted by Crippen LogP contribution is -2.10. The fraction of sp³-hybridized carbons (Fsp3) is 0.500. The topological polar surface area (TPSA) is 0 Å². The van der Waals surface area contributed by atoms with Gasteiger partial charge in [-0.3, -0.25) is 0 Å². The molecule has 0 bridgehead atoms. The number of hydrogen-bond donors (Lipinski definition) is 0. The van der Waals surface area contributed by atoms with E-state index < -0.39 is 0 Å². The first-order valence-electron chi connectivity index (χ1n) is 5.10. The van der Waals surface area contributed by atoms with Crippen LogP contribution in [0, 0.1) is 5.92 Å². The van der Waals surface area contributed by atoms with E-state index >= 15 is 0 Å². The molecular formula is C12H15BrCl2. The van der Waals surface area contributed by atoms with Gasteiger partial charge in [-0.1, -0.05) is 46.3 Å². The molecule has 0 aliphatic heterocycles. The van der Waals surface area contributed by atoms with E-state index in [2.05, 4.69) is 28.1 Å². The summed E-state index contributed by atoms with van der Waals surface area (Å²) in [6, 6.07) is 10.2. The maximum atomic E-state index is 6.41. The highest BCUT2D eigenvalue weighted by molar-refractivity contribution is 9.09. The first kappa shape index (κ1) is 13.3. The summed E-state index contributed by atoms with van der Waals surface area (Å²) in [7, 11) is 0. The fourth-order valence-electron chi connectivity index (χ4n) is 1.55. The second-order valence-corrected chi connectivity index (χ2v) is 5.13. The molecule has 84 valence electrons. The summed E-state index contributed by atoms with van der Waals surface area (Å²) in [5.74, 6) is 0.976. The minimum atomic E-state index is 0.0303. The summed E-state index contributed by atoms with van der Waals surface area (Å²) in [4.78, 5) is 0. The smallest absolute Gasteiger partial charge is 0.0624 e. The lowest BCUT2D eigenvalue weighted by molar-refractivity contribution is 0.516. The predicted molar refractivity (Wildman–Crippen MR) is 72.3 cm³/mol. The summed E-state index contributed by atoms with van der Waals surface area (Å²) < 4.78 is 0. The summed E-state index contributed by atoms with van der Waals surface area (Å²) in [5, 5.41) is 1.04. The number of alkyl halides is 3. The van der Waals surface area contributed by atoms with Gasteiger partial charge in [0.1, 0.15) is 0 Å². The van der Waals surface area contributed by atoms with E-state index in [1.807, 2.05) is 18.2 Å². The van der Waals surface area contributed by atoms with Crippen molar-refractivity contribution >= 4 is 39.1 Å². The van der Waals surface area contributed by atoms with Gasteiger partial charge in [0.05, 0.1) is 5.38 Å². The van der Waals surface area contributed by atoms with Crippen LogP contribution in [0.2, 0.25) is 0 Å². The highest BCUT2D eigenvalue weighted by Crippen LogP contribution is 2.32. The quantitative estimate of drug-likeness (QED) is 0.649. The van der Waals surface area contributed by atoms with Crippen LogP contribution in [0.1, 0.15) is 23.8 Å². The fourth-order valence-corrected chi connectivity index (χ4v) is 2.66. The molecule has 0 N–H and O–H groups in total. The van der Waals surface area contributed by atoms with Crippen molar-refractivity contribution in [1.82, 2.24) is 0 Å². The molecule has 15 heavy (non-hydrogen) atoms. The molecule has 0 aromatic heterocycles. The molecule has 0 heterocycles. The van der Waals surface area contributed by atoms with Crippen molar-refractivity contribution in [3.63, 3.8) is 0 Å². The van der Waals surface area contributed by atoms with Crippen molar-refractivity contribution in [2.75, 3.05) is 11.2 Å². The molecule has 0 radical (unpaired) electrons. The molecule has 0 aliphatic carbocycles. The lowest BCUT2D eigenvalue weighted by atomic mass is 9.96. The Morgan fingerprint density at radius 1 is 1.20 bits per heavy atom. The summed E-state index contributed by atoms with van der Waals surface area (Å²) in [6.07, 6.45) is 2.19. The van der Waals surface area contributed by atoms with Gasteiger partial charge in [-0.2, -0.15) is 0 Å². The number of hydrogen-bond acceptors (Lipinski definition) is 0. The highest BCUT2D eigenvalue weighted by Gasteiger charge is 2.19. The van der Waals surface area contributed by atoms with Gasteiger partial charge < -0.3 is 0 Å². The zero-order chi connectivity index (χ0) is 11.1. The normalized spacial score (nSPS) is 14.9. The largest absolute Gasteiger partial charge is 0.126 e. The minimum Gasteiger partial charge on any atom is -0.126 e. The van der Waals surface area contributed by atoms with Crippen molar-refractivity contribution in [2.24, 2.45) is 5.92 Å². The third-order valence-electron chi connectivity index (χ3n) is 2.44. The average molecular weight is 310 g/mol. The molecule has 1 aromatic carbocycles. The first-order chi connectivity index (χ1) is 7.29. The molecule has 3 heteroatoms. The number of benzene rings is 1. The van der Waals surface area contributed by atoms with E-state index in [1.54, 1.807) is 0 Å². The lowest BCUT2D eigenvalue weighted by Gasteiger charge is -2.19. The van der Waals surface area contributed by atoms with Crippen LogP contribution in [0.25, 0.3) is 0 Å². The zero-order valence-corrected chi connectivity index (χ0v) is 11.6. The standard InChI is InChI=1S/C12H15BrCl2/c13-8-4-7-11(9-14)12(15)10-5-2-1-3-6-10/h1-3,5-6,11-12H,4,7-9H2. The van der Waals surface area contributed by atoms with E-state index in [9.17, 15) is 0 Å². The molecule has 0 saturated heterocycles. The van der Waals surface area contributed by atoms with Gasteiger partial charge in [-0.05, 0) is 24.3 Å². The maximum Gasteiger partial charge on any atom is 0.0624 e. The third kappa shape index (κ3) is 4.34. The molecule has 0 saturated carbocycles. The van der Waals surface area contributed by atoms with Crippen molar-refractivity contribution < 1.29 is 0 Å². The van der Waals surface area contributed by atoms with Crippen LogP contribution >= 0.6 is 39.1 Å². The molecule has 2 unspecified atom stereocenters. The van der Waals surface area contributed by atoms with Gasteiger partial charge >= 0.3 is 0 Å². The van der Waals surface area contributed by atoms with Crippen LogP contribution in [-0.2, 0) is 0 Å². The van der Waals surface area contributed by atoms with Crippen LogP contribution < -0.4 is 0 Å². The molecule has 0 nitrogen and oxygen atoms in total. The Bertz CT molecular complexity index is 264. The van der Waals surface area contributed by atoms with Gasteiger partial charge in [0.25, 0.3) is 0 Å². The summed E-state index contributed by atoms with van der Waals surface area (Å²) >= 11 is 15.8. The SMILES string of the molecule is ClCC(CCCBr)C(Cl)c1ccccc1. The molecule has 2 atom stereocenters. The van der Waals surface area contributed by atoms with Crippen LogP contribution in [0.4, 0.5) is 0 Å². The van der Waals surface area contributed by atoms with E-state index in [0.29, 0.717) is 11.8 Å². The third-order valence-corrected chi connectivity index (χ3v) is 4.00. The van der Waals surface area contributed by atoms with Crippen molar-refractivity contribution in [3.05, 3.63) is 35.9 Å². The minimum absolute atomic E-state index is 0.0303. The molecule has 0 aliphatic rings. The number of halogens is 3. The molecular weight excluding hydrogens is 295 g/mol. The van der Waals surface area contributed by atoms with E-state index in [-0.39, 0.29) is 5.38 Å². The average Bonchev–Trinajstić information content (AvgIpc) is 2.31. The molecule has 0 fully saturated rings. The Hall–Kier alpha value is 0.280. The highest BCUT2D eigenvalue weighted by atomic mass is 79.9. The molecule has 1 rings (SSSR count). The van der Waals surface area contributed by atoms with E-state index in [0.717, 1.165) is 18.2 Å². The Kier molecular flexibility index (Phi) is 6.71. The molecule has 0 spiro atoms. The van der Waals surface area contributed by atoms with Gasteiger partial charge in [-0.15, -0.1) is 23.2 Å². The molecule has 0 amide bonds.